The number of hydrogen-bond donors (Lipinski definition) is 1. The van der Waals surface area contributed by atoms with Crippen LogP contribution in [0.25, 0.3) is 0 Å². The number of nitrogens with one attached hydrogen (secondary N) is 1. The first-order chi connectivity index (χ1) is 9.52. The predicted molar refractivity (Wildman–Crippen MR) is 83.7 cm³/mol. The molecule has 0 heterocycles. The Kier molecular flexibility index (Phi) is 5.29. The van der Waals surface area contributed by atoms with Crippen LogP contribution in [0.15, 0.2) is 45.3 Å². The Morgan fingerprint density at radius 3 is 2.40 bits per heavy atom. The second kappa shape index (κ2) is 6.78. The maximum absolute atomic E-state index is 13.4. The molecule has 2 aromatic rings. The number of halogens is 4. The van der Waals surface area contributed by atoms with Gasteiger partial charge in [0.2, 0.25) is 0 Å². The molecule has 0 aromatic heterocycles. The van der Waals surface area contributed by atoms with Gasteiger partial charge in [0.1, 0.15) is 11.6 Å². The largest absolute Gasteiger partial charge is 0.306 e. The Bertz CT molecular complexity index is 617. The quantitative estimate of drug-likeness (QED) is 0.739. The second-order valence-electron chi connectivity index (χ2n) is 4.33. The summed E-state index contributed by atoms with van der Waals surface area (Å²) in [4.78, 5) is 0. The van der Waals surface area contributed by atoms with Crippen molar-refractivity contribution in [3.05, 3.63) is 68.1 Å². The van der Waals surface area contributed by atoms with Crippen LogP contribution in [0.3, 0.4) is 0 Å². The van der Waals surface area contributed by atoms with Gasteiger partial charge in [0.05, 0.1) is 10.5 Å². The third-order valence-electron chi connectivity index (χ3n) is 2.96. The summed E-state index contributed by atoms with van der Waals surface area (Å²) in [5, 5.41) is 3.33. The zero-order valence-electron chi connectivity index (χ0n) is 10.8. The molecular formula is C15H13Br2F2N. The molecule has 0 amide bonds. The highest BCUT2D eigenvalue weighted by atomic mass is 79.9. The van der Waals surface area contributed by atoms with Crippen LogP contribution in [-0.4, -0.2) is 6.54 Å². The van der Waals surface area contributed by atoms with E-state index in [0.29, 0.717) is 8.95 Å². The number of rotatable bonds is 4. The molecule has 0 saturated heterocycles. The van der Waals surface area contributed by atoms with Gasteiger partial charge in [-0.2, -0.15) is 0 Å². The Hall–Kier alpha value is -0.780. The minimum atomic E-state index is -0.304. The molecule has 2 aromatic carbocycles. The van der Waals surface area contributed by atoms with E-state index < -0.39 is 0 Å². The standard InChI is InChI=1S/C15H13Br2F2N/c1-2-20-15(9-3-6-14(19)13(17)7-9)11-5-4-10(18)8-12(11)16/h3-8,15,20H,2H2,1H3. The lowest BCUT2D eigenvalue weighted by Gasteiger charge is -2.20. The molecule has 0 aliphatic heterocycles. The van der Waals surface area contributed by atoms with Crippen molar-refractivity contribution in [2.75, 3.05) is 6.54 Å². The predicted octanol–water partition coefficient (Wildman–Crippen LogP) is 5.19. The molecule has 0 aliphatic rings. The second-order valence-corrected chi connectivity index (χ2v) is 6.04. The molecular weight excluding hydrogens is 392 g/mol. The van der Waals surface area contributed by atoms with Crippen molar-refractivity contribution in [2.45, 2.75) is 13.0 Å². The zero-order chi connectivity index (χ0) is 14.7. The van der Waals surface area contributed by atoms with Crippen LogP contribution >= 0.6 is 31.9 Å². The van der Waals surface area contributed by atoms with Crippen molar-refractivity contribution in [1.82, 2.24) is 5.32 Å². The Morgan fingerprint density at radius 2 is 1.80 bits per heavy atom. The van der Waals surface area contributed by atoms with Gasteiger partial charge >= 0.3 is 0 Å². The van der Waals surface area contributed by atoms with E-state index in [0.717, 1.165) is 17.7 Å². The third-order valence-corrected chi connectivity index (χ3v) is 4.25. The fourth-order valence-corrected chi connectivity index (χ4v) is 3.02. The minimum absolute atomic E-state index is 0.133. The van der Waals surface area contributed by atoms with Crippen molar-refractivity contribution in [1.29, 1.82) is 0 Å². The van der Waals surface area contributed by atoms with Gasteiger partial charge in [0.15, 0.2) is 0 Å². The molecule has 1 nitrogen and oxygen atoms in total. The molecule has 0 bridgehead atoms. The SMILES string of the molecule is CCNC(c1ccc(F)c(Br)c1)c1ccc(F)cc1Br. The van der Waals surface area contributed by atoms with E-state index in [9.17, 15) is 8.78 Å². The van der Waals surface area contributed by atoms with Crippen molar-refractivity contribution >= 4 is 31.9 Å². The highest BCUT2D eigenvalue weighted by Crippen LogP contribution is 2.31. The summed E-state index contributed by atoms with van der Waals surface area (Å²) in [7, 11) is 0. The van der Waals surface area contributed by atoms with Crippen LogP contribution < -0.4 is 5.32 Å². The lowest BCUT2D eigenvalue weighted by molar-refractivity contribution is 0.602. The lowest BCUT2D eigenvalue weighted by Crippen LogP contribution is -2.22. The van der Waals surface area contributed by atoms with Crippen molar-refractivity contribution < 1.29 is 8.78 Å². The normalized spacial score (nSPS) is 12.4. The zero-order valence-corrected chi connectivity index (χ0v) is 13.9. The molecule has 1 unspecified atom stereocenters. The molecule has 0 fully saturated rings. The fourth-order valence-electron chi connectivity index (χ4n) is 2.04. The lowest BCUT2D eigenvalue weighted by atomic mass is 9.98. The summed E-state index contributed by atoms with van der Waals surface area (Å²) < 4.78 is 27.7. The van der Waals surface area contributed by atoms with Gasteiger partial charge < -0.3 is 5.32 Å². The van der Waals surface area contributed by atoms with E-state index in [2.05, 4.69) is 37.2 Å². The highest BCUT2D eigenvalue weighted by molar-refractivity contribution is 9.10. The van der Waals surface area contributed by atoms with Gasteiger partial charge in [-0.15, -0.1) is 0 Å². The van der Waals surface area contributed by atoms with E-state index in [1.54, 1.807) is 18.2 Å². The van der Waals surface area contributed by atoms with Crippen molar-refractivity contribution in [3.8, 4) is 0 Å². The molecule has 5 heteroatoms. The Balaban J connectivity index is 2.47. The van der Waals surface area contributed by atoms with Gasteiger partial charge in [-0.1, -0.05) is 35.0 Å². The average Bonchev–Trinajstić information content (AvgIpc) is 2.40. The maximum atomic E-state index is 13.4. The van der Waals surface area contributed by atoms with Gasteiger partial charge in [0, 0.05) is 4.47 Å². The van der Waals surface area contributed by atoms with Crippen LogP contribution in [0, 0.1) is 11.6 Å². The molecule has 1 atom stereocenters. The molecule has 106 valence electrons. The van der Waals surface area contributed by atoms with E-state index in [1.807, 2.05) is 6.92 Å². The summed E-state index contributed by atoms with van der Waals surface area (Å²) in [6, 6.07) is 9.32. The van der Waals surface area contributed by atoms with Crippen LogP contribution in [0.2, 0.25) is 0 Å². The first kappa shape index (κ1) is 15.6. The number of hydrogen-bond acceptors (Lipinski definition) is 1. The van der Waals surface area contributed by atoms with Crippen molar-refractivity contribution in [3.63, 3.8) is 0 Å². The highest BCUT2D eigenvalue weighted by Gasteiger charge is 2.17. The van der Waals surface area contributed by atoms with Crippen LogP contribution in [-0.2, 0) is 0 Å². The van der Waals surface area contributed by atoms with Crippen LogP contribution in [0.4, 0.5) is 8.78 Å². The summed E-state index contributed by atoms with van der Waals surface area (Å²) in [5.41, 5.74) is 1.82. The maximum Gasteiger partial charge on any atom is 0.137 e. The first-order valence-corrected chi connectivity index (χ1v) is 7.74. The molecule has 2 rings (SSSR count). The Morgan fingerprint density at radius 1 is 1.05 bits per heavy atom. The van der Waals surface area contributed by atoms with Crippen LogP contribution in [0.5, 0.6) is 0 Å². The van der Waals surface area contributed by atoms with E-state index in [4.69, 9.17) is 0 Å². The van der Waals surface area contributed by atoms with Gasteiger partial charge in [-0.3, -0.25) is 0 Å². The molecule has 0 saturated carbocycles. The van der Waals surface area contributed by atoms with Crippen molar-refractivity contribution in [2.24, 2.45) is 0 Å². The first-order valence-electron chi connectivity index (χ1n) is 6.16. The molecule has 20 heavy (non-hydrogen) atoms. The summed E-state index contributed by atoms with van der Waals surface area (Å²) in [6.07, 6.45) is 0. The van der Waals surface area contributed by atoms with Gasteiger partial charge in [-0.05, 0) is 57.9 Å². The van der Waals surface area contributed by atoms with Gasteiger partial charge in [-0.25, -0.2) is 8.78 Å². The van der Waals surface area contributed by atoms with E-state index in [-0.39, 0.29) is 17.7 Å². The summed E-state index contributed by atoms with van der Waals surface area (Å²) in [5.74, 6) is -0.599. The smallest absolute Gasteiger partial charge is 0.137 e. The molecule has 1 N–H and O–H groups in total. The molecule has 0 spiro atoms. The van der Waals surface area contributed by atoms with E-state index in [1.165, 1.54) is 18.2 Å². The average molecular weight is 405 g/mol. The fraction of sp³-hybridized carbons (Fsp3) is 0.200. The molecule has 0 aliphatic carbocycles. The van der Waals surface area contributed by atoms with Crippen LogP contribution in [0.1, 0.15) is 24.1 Å². The third kappa shape index (κ3) is 3.45. The monoisotopic (exact) mass is 403 g/mol. The topological polar surface area (TPSA) is 12.0 Å². The minimum Gasteiger partial charge on any atom is -0.306 e. The number of benzene rings is 2. The summed E-state index contributed by atoms with van der Waals surface area (Å²) in [6.45, 7) is 2.73. The molecule has 0 radical (unpaired) electrons. The van der Waals surface area contributed by atoms with E-state index >= 15 is 0 Å². The summed E-state index contributed by atoms with van der Waals surface area (Å²) >= 11 is 6.58. The van der Waals surface area contributed by atoms with Gasteiger partial charge in [0.25, 0.3) is 0 Å². The Labute approximate surface area is 133 Å².